The molecule has 0 spiro atoms. The SMILES string of the molecule is COCc1ccccc1CN=C(N)N1CCSCC1. The van der Waals surface area contributed by atoms with Crippen LogP contribution in [-0.4, -0.2) is 42.6 Å². The zero-order chi connectivity index (χ0) is 13.5. The Balaban J connectivity index is 2.00. The molecular formula is C14H21N3OS. The lowest BCUT2D eigenvalue weighted by Crippen LogP contribution is -2.42. The first kappa shape index (κ1) is 14.2. The second kappa shape index (κ2) is 7.40. The van der Waals surface area contributed by atoms with Crippen LogP contribution in [0.5, 0.6) is 0 Å². The van der Waals surface area contributed by atoms with Crippen molar-refractivity contribution in [2.45, 2.75) is 13.2 Å². The lowest BCUT2D eigenvalue weighted by Gasteiger charge is -2.27. The quantitative estimate of drug-likeness (QED) is 0.673. The van der Waals surface area contributed by atoms with E-state index in [0.717, 1.165) is 24.6 Å². The lowest BCUT2D eigenvalue weighted by atomic mass is 10.1. The van der Waals surface area contributed by atoms with E-state index in [4.69, 9.17) is 10.5 Å². The molecule has 1 aromatic rings. The molecule has 0 radical (unpaired) electrons. The molecule has 0 unspecified atom stereocenters. The molecule has 0 aliphatic carbocycles. The fourth-order valence-corrected chi connectivity index (χ4v) is 2.97. The Hall–Kier alpha value is -1.20. The van der Waals surface area contributed by atoms with Gasteiger partial charge in [-0.15, -0.1) is 0 Å². The summed E-state index contributed by atoms with van der Waals surface area (Å²) < 4.78 is 5.20. The van der Waals surface area contributed by atoms with Crippen molar-refractivity contribution in [1.29, 1.82) is 0 Å². The number of aliphatic imine (C=N–C) groups is 1. The maximum Gasteiger partial charge on any atom is 0.191 e. The number of rotatable bonds is 4. The van der Waals surface area contributed by atoms with Gasteiger partial charge in [-0.3, -0.25) is 0 Å². The summed E-state index contributed by atoms with van der Waals surface area (Å²) in [6, 6.07) is 8.20. The van der Waals surface area contributed by atoms with Crippen LogP contribution in [0.15, 0.2) is 29.3 Å². The molecular weight excluding hydrogens is 258 g/mol. The van der Waals surface area contributed by atoms with E-state index in [0.29, 0.717) is 19.1 Å². The fraction of sp³-hybridized carbons (Fsp3) is 0.500. The molecule has 0 saturated carbocycles. The van der Waals surface area contributed by atoms with Gasteiger partial charge < -0.3 is 15.4 Å². The zero-order valence-corrected chi connectivity index (χ0v) is 12.2. The molecule has 2 rings (SSSR count). The highest BCUT2D eigenvalue weighted by Gasteiger charge is 2.12. The number of hydrogen-bond acceptors (Lipinski definition) is 3. The summed E-state index contributed by atoms with van der Waals surface area (Å²) in [5.41, 5.74) is 8.41. The van der Waals surface area contributed by atoms with Crippen LogP contribution < -0.4 is 5.73 Å². The van der Waals surface area contributed by atoms with Crippen LogP contribution in [0.3, 0.4) is 0 Å². The Morgan fingerprint density at radius 1 is 1.32 bits per heavy atom. The van der Waals surface area contributed by atoms with E-state index in [2.05, 4.69) is 22.0 Å². The number of methoxy groups -OCH3 is 1. The van der Waals surface area contributed by atoms with Crippen molar-refractivity contribution in [3.63, 3.8) is 0 Å². The third-order valence-corrected chi connectivity index (χ3v) is 4.11. The van der Waals surface area contributed by atoms with Crippen molar-refractivity contribution in [2.75, 3.05) is 31.7 Å². The minimum atomic E-state index is 0.617. The van der Waals surface area contributed by atoms with Crippen LogP contribution >= 0.6 is 11.8 Å². The number of nitrogens with two attached hydrogens (primary N) is 1. The van der Waals surface area contributed by atoms with Gasteiger partial charge in [-0.25, -0.2) is 4.99 Å². The minimum absolute atomic E-state index is 0.617. The van der Waals surface area contributed by atoms with Gasteiger partial charge in [0.2, 0.25) is 0 Å². The molecule has 5 heteroatoms. The largest absolute Gasteiger partial charge is 0.380 e. The van der Waals surface area contributed by atoms with E-state index in [1.807, 2.05) is 23.9 Å². The first-order valence-corrected chi connectivity index (χ1v) is 7.65. The van der Waals surface area contributed by atoms with E-state index in [1.165, 1.54) is 11.1 Å². The summed E-state index contributed by atoms with van der Waals surface area (Å²) in [5.74, 6) is 2.93. The molecule has 1 saturated heterocycles. The molecule has 0 aromatic heterocycles. The van der Waals surface area contributed by atoms with Crippen molar-refractivity contribution in [3.8, 4) is 0 Å². The number of hydrogen-bond donors (Lipinski definition) is 1. The molecule has 1 fully saturated rings. The first-order valence-electron chi connectivity index (χ1n) is 6.49. The van der Waals surface area contributed by atoms with E-state index >= 15 is 0 Å². The lowest BCUT2D eigenvalue weighted by molar-refractivity contribution is 0.184. The summed E-state index contributed by atoms with van der Waals surface area (Å²) in [5, 5.41) is 0. The average molecular weight is 279 g/mol. The number of benzene rings is 1. The fourth-order valence-electron chi connectivity index (χ4n) is 2.07. The van der Waals surface area contributed by atoms with E-state index < -0.39 is 0 Å². The van der Waals surface area contributed by atoms with Crippen molar-refractivity contribution < 1.29 is 4.74 Å². The van der Waals surface area contributed by atoms with E-state index in [9.17, 15) is 0 Å². The van der Waals surface area contributed by atoms with Crippen LogP contribution in [0, 0.1) is 0 Å². The van der Waals surface area contributed by atoms with Crippen molar-refractivity contribution in [2.24, 2.45) is 10.7 Å². The molecule has 1 aromatic carbocycles. The van der Waals surface area contributed by atoms with Gasteiger partial charge in [0.1, 0.15) is 0 Å². The average Bonchev–Trinajstić information content (AvgIpc) is 2.47. The Kier molecular flexibility index (Phi) is 5.54. The third-order valence-electron chi connectivity index (χ3n) is 3.16. The highest BCUT2D eigenvalue weighted by atomic mass is 32.2. The van der Waals surface area contributed by atoms with Gasteiger partial charge in [0, 0.05) is 31.7 Å². The van der Waals surface area contributed by atoms with E-state index in [1.54, 1.807) is 7.11 Å². The van der Waals surface area contributed by atoms with Gasteiger partial charge in [0.15, 0.2) is 5.96 Å². The monoisotopic (exact) mass is 279 g/mol. The van der Waals surface area contributed by atoms with Gasteiger partial charge in [-0.2, -0.15) is 11.8 Å². The summed E-state index contributed by atoms with van der Waals surface area (Å²) >= 11 is 1.97. The molecule has 0 bridgehead atoms. The highest BCUT2D eigenvalue weighted by molar-refractivity contribution is 7.99. The topological polar surface area (TPSA) is 50.9 Å². The van der Waals surface area contributed by atoms with Gasteiger partial charge in [0.05, 0.1) is 13.2 Å². The molecule has 0 atom stereocenters. The molecule has 1 aliphatic rings. The Morgan fingerprint density at radius 2 is 2.00 bits per heavy atom. The molecule has 0 amide bonds. The Labute approximate surface area is 119 Å². The van der Waals surface area contributed by atoms with Crippen LogP contribution in [0.1, 0.15) is 11.1 Å². The van der Waals surface area contributed by atoms with Gasteiger partial charge in [-0.05, 0) is 11.1 Å². The van der Waals surface area contributed by atoms with E-state index in [-0.39, 0.29) is 0 Å². The molecule has 104 valence electrons. The molecule has 1 aliphatic heterocycles. The third kappa shape index (κ3) is 4.14. The molecule has 19 heavy (non-hydrogen) atoms. The minimum Gasteiger partial charge on any atom is -0.380 e. The van der Waals surface area contributed by atoms with Gasteiger partial charge in [0.25, 0.3) is 0 Å². The molecule has 2 N–H and O–H groups in total. The highest BCUT2D eigenvalue weighted by Crippen LogP contribution is 2.12. The van der Waals surface area contributed by atoms with Crippen molar-refractivity contribution in [3.05, 3.63) is 35.4 Å². The first-order chi connectivity index (χ1) is 9.31. The predicted octanol–water partition coefficient (Wildman–Crippen LogP) is 1.70. The summed E-state index contributed by atoms with van der Waals surface area (Å²) in [6.45, 7) is 3.24. The standard InChI is InChI=1S/C14H21N3OS/c1-18-11-13-5-3-2-4-12(13)10-16-14(15)17-6-8-19-9-7-17/h2-5H,6-11H2,1H3,(H2,15,16). The molecule has 1 heterocycles. The summed E-state index contributed by atoms with van der Waals surface area (Å²) in [6.07, 6.45) is 0. The summed E-state index contributed by atoms with van der Waals surface area (Å²) in [4.78, 5) is 6.68. The van der Waals surface area contributed by atoms with Crippen LogP contribution in [-0.2, 0) is 17.9 Å². The van der Waals surface area contributed by atoms with Crippen LogP contribution in [0.4, 0.5) is 0 Å². The number of thioether (sulfide) groups is 1. The molecule has 4 nitrogen and oxygen atoms in total. The Morgan fingerprint density at radius 3 is 2.68 bits per heavy atom. The zero-order valence-electron chi connectivity index (χ0n) is 11.3. The number of ether oxygens (including phenoxy) is 1. The predicted molar refractivity (Wildman–Crippen MR) is 81.4 cm³/mol. The van der Waals surface area contributed by atoms with Crippen LogP contribution in [0.2, 0.25) is 0 Å². The van der Waals surface area contributed by atoms with Crippen molar-refractivity contribution >= 4 is 17.7 Å². The second-order valence-corrected chi connectivity index (χ2v) is 5.70. The normalized spacial score (nSPS) is 16.7. The Bertz CT molecular complexity index is 430. The second-order valence-electron chi connectivity index (χ2n) is 4.48. The number of nitrogens with zero attached hydrogens (tertiary/aromatic N) is 2. The van der Waals surface area contributed by atoms with Crippen LogP contribution in [0.25, 0.3) is 0 Å². The van der Waals surface area contributed by atoms with Gasteiger partial charge >= 0.3 is 0 Å². The van der Waals surface area contributed by atoms with Crippen molar-refractivity contribution in [1.82, 2.24) is 4.90 Å². The maximum atomic E-state index is 6.06. The summed E-state index contributed by atoms with van der Waals surface area (Å²) in [7, 11) is 1.71. The number of guanidine groups is 1. The maximum absolute atomic E-state index is 6.06. The van der Waals surface area contributed by atoms with Gasteiger partial charge in [-0.1, -0.05) is 24.3 Å². The smallest absolute Gasteiger partial charge is 0.191 e.